The topological polar surface area (TPSA) is 54.8 Å². The molecule has 0 atom stereocenters. The average molecular weight is 259 g/mol. The summed E-state index contributed by atoms with van der Waals surface area (Å²) in [6.45, 7) is 3.94. The maximum absolute atomic E-state index is 4.51. The molecule has 2 aromatic heterocycles. The number of hydrogen-bond acceptors (Lipinski definition) is 4. The van der Waals surface area contributed by atoms with Crippen LogP contribution in [-0.4, -0.2) is 27.9 Å². The Hall–Kier alpha value is -2.04. The lowest BCUT2D eigenvalue weighted by Gasteiger charge is -2.08. The van der Waals surface area contributed by atoms with Gasteiger partial charge >= 0.3 is 0 Å². The predicted molar refractivity (Wildman–Crippen MR) is 78.4 cm³/mol. The van der Waals surface area contributed by atoms with Crippen LogP contribution in [0.3, 0.4) is 0 Å². The molecule has 0 aliphatic rings. The molecule has 102 valence electrons. The van der Waals surface area contributed by atoms with E-state index in [0.717, 1.165) is 37.6 Å². The van der Waals surface area contributed by atoms with Crippen molar-refractivity contribution in [3.8, 4) is 0 Å². The van der Waals surface area contributed by atoms with Crippen molar-refractivity contribution >= 4 is 11.6 Å². The Morgan fingerprint density at radius 2 is 1.84 bits per heavy atom. The quantitative estimate of drug-likeness (QED) is 0.801. The van der Waals surface area contributed by atoms with Gasteiger partial charge in [0.1, 0.15) is 11.6 Å². The van der Waals surface area contributed by atoms with Crippen molar-refractivity contribution in [3.63, 3.8) is 0 Å². The standard InChI is InChI=1S/C14H21N5/c1-3-9-15-13-5-4-6-14(18-13)16-10-7-12-8-11-17-19(12)2/h4-6,8,11H,3,7,9-10H2,1-2H3,(H2,15,16,18). The summed E-state index contributed by atoms with van der Waals surface area (Å²) in [5.41, 5.74) is 1.22. The van der Waals surface area contributed by atoms with Gasteiger partial charge in [-0.3, -0.25) is 4.68 Å². The first-order chi connectivity index (χ1) is 9.29. The van der Waals surface area contributed by atoms with E-state index in [4.69, 9.17) is 0 Å². The van der Waals surface area contributed by atoms with Gasteiger partial charge in [-0.15, -0.1) is 0 Å². The van der Waals surface area contributed by atoms with E-state index in [2.05, 4.69) is 27.6 Å². The summed E-state index contributed by atoms with van der Waals surface area (Å²) in [4.78, 5) is 4.51. The van der Waals surface area contributed by atoms with E-state index in [1.54, 1.807) is 0 Å². The summed E-state index contributed by atoms with van der Waals surface area (Å²) < 4.78 is 1.90. The molecule has 0 radical (unpaired) electrons. The van der Waals surface area contributed by atoms with Crippen molar-refractivity contribution in [3.05, 3.63) is 36.2 Å². The van der Waals surface area contributed by atoms with E-state index in [1.165, 1.54) is 5.69 Å². The molecule has 0 saturated heterocycles. The molecule has 19 heavy (non-hydrogen) atoms. The first-order valence-corrected chi connectivity index (χ1v) is 6.71. The van der Waals surface area contributed by atoms with E-state index < -0.39 is 0 Å². The molecule has 0 fully saturated rings. The molecule has 0 aliphatic carbocycles. The van der Waals surface area contributed by atoms with E-state index in [0.29, 0.717) is 0 Å². The summed E-state index contributed by atoms with van der Waals surface area (Å²) >= 11 is 0. The highest BCUT2D eigenvalue weighted by molar-refractivity contribution is 5.45. The smallest absolute Gasteiger partial charge is 0.128 e. The second kappa shape index (κ2) is 6.78. The highest BCUT2D eigenvalue weighted by Crippen LogP contribution is 2.09. The Morgan fingerprint density at radius 3 is 2.47 bits per heavy atom. The van der Waals surface area contributed by atoms with Gasteiger partial charge in [0.2, 0.25) is 0 Å². The molecular formula is C14H21N5. The number of anilines is 2. The van der Waals surface area contributed by atoms with E-state index in [1.807, 2.05) is 42.2 Å². The highest BCUT2D eigenvalue weighted by Gasteiger charge is 1.99. The lowest BCUT2D eigenvalue weighted by Crippen LogP contribution is -2.10. The lowest BCUT2D eigenvalue weighted by molar-refractivity contribution is 0.711. The van der Waals surface area contributed by atoms with Gasteiger partial charge in [0, 0.05) is 38.4 Å². The summed E-state index contributed by atoms with van der Waals surface area (Å²) in [7, 11) is 1.96. The number of aryl methyl sites for hydroxylation is 1. The van der Waals surface area contributed by atoms with Crippen molar-refractivity contribution in [2.24, 2.45) is 7.05 Å². The largest absolute Gasteiger partial charge is 0.370 e. The molecule has 2 heterocycles. The maximum Gasteiger partial charge on any atom is 0.128 e. The van der Waals surface area contributed by atoms with Gasteiger partial charge in [-0.25, -0.2) is 4.98 Å². The van der Waals surface area contributed by atoms with Crippen LogP contribution < -0.4 is 10.6 Å². The predicted octanol–water partition coefficient (Wildman–Crippen LogP) is 2.29. The molecular weight excluding hydrogens is 238 g/mol. The fourth-order valence-corrected chi connectivity index (χ4v) is 1.85. The molecule has 0 spiro atoms. The van der Waals surface area contributed by atoms with Crippen molar-refractivity contribution in [1.29, 1.82) is 0 Å². The number of hydrogen-bond donors (Lipinski definition) is 2. The van der Waals surface area contributed by atoms with Gasteiger partial charge in [-0.1, -0.05) is 13.0 Å². The molecule has 2 rings (SSSR count). The second-order valence-corrected chi connectivity index (χ2v) is 4.46. The maximum atomic E-state index is 4.51. The molecule has 0 amide bonds. The van der Waals surface area contributed by atoms with Crippen molar-refractivity contribution in [2.45, 2.75) is 19.8 Å². The Labute approximate surface area is 114 Å². The number of aromatic nitrogens is 3. The molecule has 0 aromatic carbocycles. The zero-order valence-corrected chi connectivity index (χ0v) is 11.6. The van der Waals surface area contributed by atoms with E-state index >= 15 is 0 Å². The van der Waals surface area contributed by atoms with Gasteiger partial charge in [-0.05, 0) is 24.6 Å². The van der Waals surface area contributed by atoms with Crippen LogP contribution in [0.4, 0.5) is 11.6 Å². The molecule has 2 N–H and O–H groups in total. The van der Waals surface area contributed by atoms with Gasteiger partial charge < -0.3 is 10.6 Å². The Bertz CT molecular complexity index is 506. The molecule has 0 saturated carbocycles. The molecule has 2 aromatic rings. The van der Waals surface area contributed by atoms with Crippen LogP contribution in [0.25, 0.3) is 0 Å². The molecule has 0 aliphatic heterocycles. The summed E-state index contributed by atoms with van der Waals surface area (Å²) in [5, 5.41) is 10.8. The van der Waals surface area contributed by atoms with Crippen molar-refractivity contribution in [2.75, 3.05) is 23.7 Å². The molecule has 0 bridgehead atoms. The number of rotatable bonds is 7. The van der Waals surface area contributed by atoms with Crippen LogP contribution in [0.5, 0.6) is 0 Å². The lowest BCUT2D eigenvalue weighted by atomic mass is 10.3. The minimum absolute atomic E-state index is 0.851. The zero-order valence-electron chi connectivity index (χ0n) is 11.6. The highest BCUT2D eigenvalue weighted by atomic mass is 15.3. The van der Waals surface area contributed by atoms with Crippen molar-refractivity contribution < 1.29 is 0 Å². The zero-order chi connectivity index (χ0) is 13.5. The molecule has 5 nitrogen and oxygen atoms in total. The van der Waals surface area contributed by atoms with Gasteiger partial charge in [-0.2, -0.15) is 5.10 Å². The van der Waals surface area contributed by atoms with Crippen LogP contribution in [0, 0.1) is 0 Å². The van der Waals surface area contributed by atoms with Gasteiger partial charge in [0.15, 0.2) is 0 Å². The van der Waals surface area contributed by atoms with Crippen LogP contribution in [0.2, 0.25) is 0 Å². The molecule has 5 heteroatoms. The number of pyridine rings is 1. The summed E-state index contributed by atoms with van der Waals surface area (Å²) in [5.74, 6) is 1.83. The normalized spacial score (nSPS) is 10.4. The Kier molecular flexibility index (Phi) is 4.78. The Balaban J connectivity index is 1.84. The number of nitrogens with one attached hydrogen (secondary N) is 2. The summed E-state index contributed by atoms with van der Waals surface area (Å²) in [6, 6.07) is 8.02. The van der Waals surface area contributed by atoms with Gasteiger partial charge in [0.25, 0.3) is 0 Å². The fourth-order valence-electron chi connectivity index (χ4n) is 1.85. The SMILES string of the molecule is CCCNc1cccc(NCCc2ccnn2C)n1. The van der Waals surface area contributed by atoms with Crippen LogP contribution in [0.1, 0.15) is 19.0 Å². The first-order valence-electron chi connectivity index (χ1n) is 6.71. The van der Waals surface area contributed by atoms with Crippen LogP contribution in [0.15, 0.2) is 30.5 Å². The molecule has 0 unspecified atom stereocenters. The third kappa shape index (κ3) is 3.98. The van der Waals surface area contributed by atoms with Crippen molar-refractivity contribution in [1.82, 2.24) is 14.8 Å². The average Bonchev–Trinajstić information content (AvgIpc) is 2.83. The first kappa shape index (κ1) is 13.4. The third-order valence-electron chi connectivity index (χ3n) is 2.91. The van der Waals surface area contributed by atoms with Crippen LogP contribution in [-0.2, 0) is 13.5 Å². The minimum Gasteiger partial charge on any atom is -0.370 e. The van der Waals surface area contributed by atoms with E-state index in [9.17, 15) is 0 Å². The third-order valence-corrected chi connectivity index (χ3v) is 2.91. The van der Waals surface area contributed by atoms with Gasteiger partial charge in [0.05, 0.1) is 0 Å². The number of nitrogens with zero attached hydrogens (tertiary/aromatic N) is 3. The Morgan fingerprint density at radius 1 is 1.11 bits per heavy atom. The minimum atomic E-state index is 0.851. The van der Waals surface area contributed by atoms with Crippen LogP contribution >= 0.6 is 0 Å². The fraction of sp³-hybridized carbons (Fsp3) is 0.429. The van der Waals surface area contributed by atoms with E-state index in [-0.39, 0.29) is 0 Å². The second-order valence-electron chi connectivity index (χ2n) is 4.46. The monoisotopic (exact) mass is 259 g/mol. The summed E-state index contributed by atoms with van der Waals surface area (Å²) in [6.07, 6.45) is 3.85.